The van der Waals surface area contributed by atoms with Crippen molar-refractivity contribution in [2.24, 2.45) is 5.73 Å². The van der Waals surface area contributed by atoms with E-state index < -0.39 is 18.2 Å². The van der Waals surface area contributed by atoms with Crippen molar-refractivity contribution in [3.05, 3.63) is 35.4 Å². The van der Waals surface area contributed by atoms with Gasteiger partial charge in [0.05, 0.1) is 6.10 Å². The number of benzene rings is 1. The second-order valence-electron chi connectivity index (χ2n) is 4.34. The maximum absolute atomic E-state index is 13.1. The van der Waals surface area contributed by atoms with E-state index in [9.17, 15) is 14.3 Å². The lowest BCUT2D eigenvalue weighted by Crippen LogP contribution is -2.21. The van der Waals surface area contributed by atoms with Crippen molar-refractivity contribution in [2.75, 3.05) is 13.1 Å². The van der Waals surface area contributed by atoms with Gasteiger partial charge >= 0.3 is 0 Å². The van der Waals surface area contributed by atoms with Gasteiger partial charge in [-0.2, -0.15) is 0 Å². The Balaban J connectivity index is 1.98. The first-order chi connectivity index (χ1) is 8.06. The molecular formula is C12H15FN2O2. The van der Waals surface area contributed by atoms with Gasteiger partial charge in [0.25, 0.3) is 0 Å². The van der Waals surface area contributed by atoms with Gasteiger partial charge < -0.3 is 10.8 Å². The van der Waals surface area contributed by atoms with E-state index in [2.05, 4.69) is 0 Å². The number of amides is 1. The third-order valence-corrected chi connectivity index (χ3v) is 2.94. The quantitative estimate of drug-likeness (QED) is 0.796. The number of hydrogen-bond acceptors (Lipinski definition) is 3. The van der Waals surface area contributed by atoms with Crippen LogP contribution in [-0.4, -0.2) is 41.3 Å². The first-order valence-corrected chi connectivity index (χ1v) is 5.49. The van der Waals surface area contributed by atoms with Crippen molar-refractivity contribution in [1.29, 1.82) is 0 Å². The standard InChI is InChI=1S/C12H15FN2O2/c13-10-6-15(7-11(10)16)5-8-1-3-9(4-2-8)12(14)17/h1-4,10-11,16H,5-7H2,(H2,14,17)/t10?,11-/m1/s1. The lowest BCUT2D eigenvalue weighted by atomic mass is 10.1. The van der Waals surface area contributed by atoms with Crippen LogP contribution in [0.25, 0.3) is 0 Å². The SMILES string of the molecule is NC(=O)c1ccc(CN2CC(F)[C@H](O)C2)cc1. The van der Waals surface area contributed by atoms with Gasteiger partial charge in [-0.15, -0.1) is 0 Å². The van der Waals surface area contributed by atoms with Gasteiger partial charge in [0.1, 0.15) is 6.17 Å². The highest BCUT2D eigenvalue weighted by Gasteiger charge is 2.30. The van der Waals surface area contributed by atoms with Crippen LogP contribution in [0, 0.1) is 0 Å². The van der Waals surface area contributed by atoms with E-state index in [-0.39, 0.29) is 6.54 Å². The van der Waals surface area contributed by atoms with Crippen LogP contribution in [-0.2, 0) is 6.54 Å². The molecule has 1 heterocycles. The summed E-state index contributed by atoms with van der Waals surface area (Å²) in [6, 6.07) is 6.88. The Labute approximate surface area is 98.8 Å². The molecule has 1 amide bonds. The number of nitrogens with two attached hydrogens (primary N) is 1. The fourth-order valence-corrected chi connectivity index (χ4v) is 1.98. The van der Waals surface area contributed by atoms with E-state index in [4.69, 9.17) is 5.73 Å². The van der Waals surface area contributed by atoms with Crippen LogP contribution in [0.1, 0.15) is 15.9 Å². The molecule has 1 fully saturated rings. The zero-order chi connectivity index (χ0) is 12.4. The number of aliphatic hydroxyl groups excluding tert-OH is 1. The van der Waals surface area contributed by atoms with Crippen LogP contribution in [0.5, 0.6) is 0 Å². The van der Waals surface area contributed by atoms with E-state index in [0.717, 1.165) is 5.56 Å². The fourth-order valence-electron chi connectivity index (χ4n) is 1.98. The summed E-state index contributed by atoms with van der Waals surface area (Å²) in [5.74, 6) is -0.461. The van der Waals surface area contributed by atoms with Crippen molar-refractivity contribution >= 4 is 5.91 Å². The molecule has 0 aromatic heterocycles. The second-order valence-corrected chi connectivity index (χ2v) is 4.34. The molecule has 5 heteroatoms. The number of rotatable bonds is 3. The molecule has 2 atom stereocenters. The van der Waals surface area contributed by atoms with Gasteiger partial charge in [0.15, 0.2) is 0 Å². The minimum Gasteiger partial charge on any atom is -0.389 e. The van der Waals surface area contributed by atoms with Crippen LogP contribution < -0.4 is 5.73 Å². The van der Waals surface area contributed by atoms with E-state index in [0.29, 0.717) is 18.7 Å². The van der Waals surface area contributed by atoms with Crippen LogP contribution in [0.3, 0.4) is 0 Å². The number of halogens is 1. The van der Waals surface area contributed by atoms with Gasteiger partial charge in [0.2, 0.25) is 5.91 Å². The number of carbonyl (C=O) groups is 1. The number of hydrogen-bond donors (Lipinski definition) is 2. The first-order valence-electron chi connectivity index (χ1n) is 5.49. The molecule has 3 N–H and O–H groups in total. The molecule has 17 heavy (non-hydrogen) atoms. The number of β-amino-alcohol motifs (C(OH)–C–C–N with tert-alkyl or cyclic N) is 1. The number of primary amides is 1. The number of alkyl halides is 1. The van der Waals surface area contributed by atoms with Crippen molar-refractivity contribution in [3.8, 4) is 0 Å². The molecule has 1 aromatic rings. The minimum absolute atomic E-state index is 0.249. The Hall–Kier alpha value is -1.46. The Morgan fingerprint density at radius 1 is 1.41 bits per heavy atom. The average Bonchev–Trinajstić information content (AvgIpc) is 2.58. The summed E-state index contributed by atoms with van der Waals surface area (Å²) < 4.78 is 13.1. The van der Waals surface area contributed by atoms with Gasteiger partial charge in [-0.25, -0.2) is 4.39 Å². The minimum atomic E-state index is -1.17. The van der Waals surface area contributed by atoms with Gasteiger partial charge in [-0.05, 0) is 17.7 Å². The van der Waals surface area contributed by atoms with E-state index >= 15 is 0 Å². The van der Waals surface area contributed by atoms with Crippen molar-refractivity contribution in [2.45, 2.75) is 18.8 Å². The van der Waals surface area contributed by atoms with Crippen molar-refractivity contribution < 1.29 is 14.3 Å². The van der Waals surface area contributed by atoms with Crippen LogP contribution in [0.2, 0.25) is 0 Å². The average molecular weight is 238 g/mol. The molecule has 1 unspecified atom stereocenters. The highest BCUT2D eigenvalue weighted by molar-refractivity contribution is 5.92. The van der Waals surface area contributed by atoms with Gasteiger partial charge in [0, 0.05) is 25.2 Å². The molecule has 0 bridgehead atoms. The normalized spacial score (nSPS) is 25.1. The highest BCUT2D eigenvalue weighted by Crippen LogP contribution is 2.16. The number of likely N-dealkylation sites (tertiary alicyclic amines) is 1. The van der Waals surface area contributed by atoms with Crippen molar-refractivity contribution in [1.82, 2.24) is 4.90 Å². The summed E-state index contributed by atoms with van der Waals surface area (Å²) in [4.78, 5) is 12.7. The smallest absolute Gasteiger partial charge is 0.248 e. The highest BCUT2D eigenvalue weighted by atomic mass is 19.1. The van der Waals surface area contributed by atoms with E-state index in [1.807, 2.05) is 4.90 Å². The Bertz CT molecular complexity index is 397. The molecule has 4 nitrogen and oxygen atoms in total. The first kappa shape index (κ1) is 12.0. The molecule has 2 rings (SSSR count). The molecule has 0 radical (unpaired) electrons. The Morgan fingerprint density at radius 2 is 2.06 bits per heavy atom. The van der Waals surface area contributed by atoms with Crippen LogP contribution >= 0.6 is 0 Å². The van der Waals surface area contributed by atoms with Gasteiger partial charge in [-0.3, -0.25) is 9.69 Å². The monoisotopic (exact) mass is 238 g/mol. The second kappa shape index (κ2) is 4.81. The maximum atomic E-state index is 13.1. The summed E-state index contributed by atoms with van der Waals surface area (Å²) in [6.07, 6.45) is -2.06. The van der Waals surface area contributed by atoms with Crippen LogP contribution in [0.15, 0.2) is 24.3 Å². The molecule has 1 aliphatic rings. The molecule has 1 saturated heterocycles. The zero-order valence-corrected chi connectivity index (χ0v) is 9.34. The van der Waals surface area contributed by atoms with Crippen molar-refractivity contribution in [3.63, 3.8) is 0 Å². The summed E-state index contributed by atoms with van der Waals surface area (Å²) >= 11 is 0. The van der Waals surface area contributed by atoms with E-state index in [1.165, 1.54) is 0 Å². The number of carbonyl (C=O) groups excluding carboxylic acids is 1. The fraction of sp³-hybridized carbons (Fsp3) is 0.417. The summed E-state index contributed by atoms with van der Waals surface area (Å²) in [5.41, 5.74) is 6.56. The molecule has 92 valence electrons. The number of nitrogens with zero attached hydrogens (tertiary/aromatic N) is 1. The van der Waals surface area contributed by atoms with Gasteiger partial charge in [-0.1, -0.05) is 12.1 Å². The van der Waals surface area contributed by atoms with Crippen LogP contribution in [0.4, 0.5) is 4.39 Å². The summed E-state index contributed by atoms with van der Waals surface area (Å²) in [6.45, 7) is 1.16. The Kier molecular flexibility index (Phi) is 3.40. The lowest BCUT2D eigenvalue weighted by Gasteiger charge is -2.14. The number of aliphatic hydroxyl groups is 1. The predicted molar refractivity (Wildman–Crippen MR) is 61.1 cm³/mol. The molecule has 1 aromatic carbocycles. The molecule has 0 saturated carbocycles. The topological polar surface area (TPSA) is 66.6 Å². The molecule has 0 spiro atoms. The lowest BCUT2D eigenvalue weighted by molar-refractivity contribution is 0.100. The predicted octanol–water partition coefficient (Wildman–Crippen LogP) is 0.300. The largest absolute Gasteiger partial charge is 0.389 e. The third-order valence-electron chi connectivity index (χ3n) is 2.94. The third kappa shape index (κ3) is 2.81. The maximum Gasteiger partial charge on any atom is 0.248 e. The zero-order valence-electron chi connectivity index (χ0n) is 9.34. The summed E-state index contributed by atoms with van der Waals surface area (Å²) in [7, 11) is 0. The summed E-state index contributed by atoms with van der Waals surface area (Å²) in [5, 5.41) is 9.29. The molecular weight excluding hydrogens is 223 g/mol. The molecule has 1 aliphatic heterocycles. The molecule has 0 aliphatic carbocycles. The van der Waals surface area contributed by atoms with E-state index in [1.54, 1.807) is 24.3 Å². The Morgan fingerprint density at radius 3 is 2.53 bits per heavy atom.